The zero-order valence-corrected chi connectivity index (χ0v) is 25.8. The second-order valence-electron chi connectivity index (χ2n) is 11.6. The quantitative estimate of drug-likeness (QED) is 0.182. The monoisotopic (exact) mass is 610 g/mol. The van der Waals surface area contributed by atoms with Gasteiger partial charge in [-0.15, -0.1) is 0 Å². The van der Waals surface area contributed by atoms with Crippen molar-refractivity contribution in [3.63, 3.8) is 0 Å². The van der Waals surface area contributed by atoms with Crippen LogP contribution in [-0.4, -0.2) is 9.97 Å². The van der Waals surface area contributed by atoms with Crippen LogP contribution in [0.2, 0.25) is 0 Å². The fraction of sp³-hybridized carbons (Fsp3) is 0. The van der Waals surface area contributed by atoms with E-state index in [0.717, 1.165) is 77.2 Å². The first-order chi connectivity index (χ1) is 23.7. The maximum Gasteiger partial charge on any atom is 0.148 e. The minimum Gasteiger partial charge on any atom is -0.245 e. The minimum atomic E-state index is 0.413. The Hall–Kier alpha value is -6.88. The molecule has 2 aromatic heterocycles. The Balaban J connectivity index is 1.37. The molecule has 0 unspecified atom stereocenters. The van der Waals surface area contributed by atoms with Gasteiger partial charge in [0, 0.05) is 23.5 Å². The number of fused-ring (bicyclic) bond motifs is 2. The van der Waals surface area contributed by atoms with Gasteiger partial charge in [0.15, 0.2) is 0 Å². The van der Waals surface area contributed by atoms with Gasteiger partial charge in [-0.05, 0) is 96.4 Å². The number of benzene rings is 6. The molecule has 0 fully saturated rings. The number of hydrogen-bond donors (Lipinski definition) is 0. The first kappa shape index (κ1) is 28.6. The van der Waals surface area contributed by atoms with Crippen LogP contribution in [0, 0.1) is 22.7 Å². The number of aromatic nitrogens is 2. The van der Waals surface area contributed by atoms with Gasteiger partial charge in [0.2, 0.25) is 0 Å². The molecule has 0 saturated carbocycles. The van der Waals surface area contributed by atoms with Crippen LogP contribution in [0.15, 0.2) is 158 Å². The van der Waals surface area contributed by atoms with E-state index in [-0.39, 0.29) is 0 Å². The van der Waals surface area contributed by atoms with Gasteiger partial charge in [-0.1, -0.05) is 115 Å². The van der Waals surface area contributed by atoms with Crippen molar-refractivity contribution in [3.8, 4) is 67.8 Å². The Morgan fingerprint density at radius 3 is 1.31 bits per heavy atom. The number of rotatable bonds is 5. The van der Waals surface area contributed by atoms with Crippen LogP contribution in [-0.2, 0) is 0 Å². The van der Waals surface area contributed by atoms with Crippen LogP contribution < -0.4 is 0 Å². The predicted molar refractivity (Wildman–Crippen MR) is 194 cm³/mol. The third-order valence-corrected chi connectivity index (χ3v) is 8.93. The van der Waals surface area contributed by atoms with E-state index >= 15 is 0 Å². The van der Waals surface area contributed by atoms with Crippen molar-refractivity contribution in [2.45, 2.75) is 0 Å². The van der Waals surface area contributed by atoms with Crippen LogP contribution in [0.1, 0.15) is 11.4 Å². The highest BCUT2D eigenvalue weighted by Gasteiger charge is 2.18. The Labute approximate surface area is 278 Å². The van der Waals surface area contributed by atoms with Crippen molar-refractivity contribution >= 4 is 21.5 Å². The van der Waals surface area contributed by atoms with Crippen molar-refractivity contribution < 1.29 is 0 Å². The molecule has 6 aromatic carbocycles. The van der Waals surface area contributed by atoms with Gasteiger partial charge in [-0.2, -0.15) is 10.5 Å². The Morgan fingerprint density at radius 2 is 0.792 bits per heavy atom. The molecule has 0 atom stereocenters. The van der Waals surface area contributed by atoms with Crippen molar-refractivity contribution in [3.05, 3.63) is 169 Å². The van der Waals surface area contributed by atoms with Crippen molar-refractivity contribution in [2.75, 3.05) is 0 Å². The number of nitrogens with zero attached hydrogens (tertiary/aromatic N) is 4. The lowest BCUT2D eigenvalue weighted by Gasteiger charge is -2.19. The molecule has 222 valence electrons. The minimum absolute atomic E-state index is 0.413. The molecule has 0 radical (unpaired) electrons. The van der Waals surface area contributed by atoms with E-state index in [1.165, 1.54) is 0 Å². The smallest absolute Gasteiger partial charge is 0.148 e. The molecule has 0 amide bonds. The Bertz CT molecular complexity index is 2560. The third-order valence-electron chi connectivity index (χ3n) is 8.93. The standard InChI is InChI=1S/C44H26N4/c45-27-41-35(12-6-24-47-41)30-14-18-32(19-15-30)43-37-10-4-5-11-38(37)44(40-26-34(22-23-39(40)43)29-8-2-1-3-9-29)33-20-16-31(17-21-33)36-13-7-25-48-42(36)28-46/h1-26H. The number of pyridine rings is 2. The highest BCUT2D eigenvalue weighted by atomic mass is 14.7. The van der Waals surface area contributed by atoms with E-state index in [0.29, 0.717) is 11.4 Å². The summed E-state index contributed by atoms with van der Waals surface area (Å²) in [4.78, 5) is 8.53. The lowest BCUT2D eigenvalue weighted by atomic mass is 9.84. The maximum absolute atomic E-state index is 9.66. The molecular weight excluding hydrogens is 585 g/mol. The zero-order valence-electron chi connectivity index (χ0n) is 25.8. The van der Waals surface area contributed by atoms with Gasteiger partial charge in [-0.3, -0.25) is 0 Å². The highest BCUT2D eigenvalue weighted by molar-refractivity contribution is 6.22. The van der Waals surface area contributed by atoms with Crippen LogP contribution in [0.4, 0.5) is 0 Å². The zero-order chi connectivity index (χ0) is 32.5. The molecule has 0 aliphatic carbocycles. The highest BCUT2D eigenvalue weighted by Crippen LogP contribution is 2.45. The summed E-state index contributed by atoms with van der Waals surface area (Å²) >= 11 is 0. The molecule has 4 heteroatoms. The largest absolute Gasteiger partial charge is 0.245 e. The molecule has 0 aliphatic heterocycles. The van der Waals surface area contributed by atoms with Gasteiger partial charge >= 0.3 is 0 Å². The SMILES string of the molecule is N#Cc1ncccc1-c1ccc(-c2c3ccccc3c(-c3ccc(-c4cccnc4C#N)cc3)c3cc(-c4ccccc4)ccc23)cc1. The first-order valence-corrected chi connectivity index (χ1v) is 15.7. The molecule has 48 heavy (non-hydrogen) atoms. The second-order valence-corrected chi connectivity index (χ2v) is 11.6. The molecule has 4 nitrogen and oxygen atoms in total. The molecule has 8 aromatic rings. The van der Waals surface area contributed by atoms with Crippen LogP contribution >= 0.6 is 0 Å². The fourth-order valence-corrected chi connectivity index (χ4v) is 6.70. The summed E-state index contributed by atoms with van der Waals surface area (Å²) < 4.78 is 0. The second kappa shape index (κ2) is 12.1. The Kier molecular flexibility index (Phi) is 7.23. The molecule has 0 saturated heterocycles. The van der Waals surface area contributed by atoms with Gasteiger partial charge in [0.1, 0.15) is 23.5 Å². The van der Waals surface area contributed by atoms with Crippen LogP contribution in [0.3, 0.4) is 0 Å². The van der Waals surface area contributed by atoms with E-state index in [2.05, 4.69) is 137 Å². The number of hydrogen-bond acceptors (Lipinski definition) is 4. The maximum atomic E-state index is 9.66. The van der Waals surface area contributed by atoms with E-state index in [1.807, 2.05) is 30.3 Å². The average molecular weight is 611 g/mol. The summed E-state index contributed by atoms with van der Waals surface area (Å²) in [5.74, 6) is 0. The molecule has 2 heterocycles. The summed E-state index contributed by atoms with van der Waals surface area (Å²) in [5.41, 5.74) is 11.2. The summed E-state index contributed by atoms with van der Waals surface area (Å²) in [6, 6.07) is 54.8. The average Bonchev–Trinajstić information content (AvgIpc) is 3.17. The summed E-state index contributed by atoms with van der Waals surface area (Å²) in [5, 5.41) is 23.9. The van der Waals surface area contributed by atoms with Crippen LogP contribution in [0.25, 0.3) is 77.2 Å². The van der Waals surface area contributed by atoms with Crippen LogP contribution in [0.5, 0.6) is 0 Å². The van der Waals surface area contributed by atoms with Crippen molar-refractivity contribution in [2.24, 2.45) is 0 Å². The summed E-state index contributed by atoms with van der Waals surface area (Å²) in [7, 11) is 0. The lowest BCUT2D eigenvalue weighted by molar-refractivity contribution is 1.26. The lowest BCUT2D eigenvalue weighted by Crippen LogP contribution is -1.93. The van der Waals surface area contributed by atoms with E-state index in [9.17, 15) is 10.5 Å². The van der Waals surface area contributed by atoms with E-state index in [1.54, 1.807) is 12.4 Å². The normalized spacial score (nSPS) is 10.9. The van der Waals surface area contributed by atoms with E-state index < -0.39 is 0 Å². The molecule has 0 aliphatic rings. The van der Waals surface area contributed by atoms with E-state index in [4.69, 9.17) is 0 Å². The first-order valence-electron chi connectivity index (χ1n) is 15.7. The summed E-state index contributed by atoms with van der Waals surface area (Å²) in [6.45, 7) is 0. The third kappa shape index (κ3) is 4.95. The topological polar surface area (TPSA) is 73.4 Å². The fourth-order valence-electron chi connectivity index (χ4n) is 6.70. The van der Waals surface area contributed by atoms with Gasteiger partial charge in [0.05, 0.1) is 0 Å². The molecule has 8 rings (SSSR count). The van der Waals surface area contributed by atoms with Crippen molar-refractivity contribution in [1.29, 1.82) is 10.5 Å². The van der Waals surface area contributed by atoms with Gasteiger partial charge < -0.3 is 0 Å². The molecular formula is C44H26N4. The molecule has 0 spiro atoms. The van der Waals surface area contributed by atoms with Gasteiger partial charge in [0.25, 0.3) is 0 Å². The summed E-state index contributed by atoms with van der Waals surface area (Å²) in [6.07, 6.45) is 3.30. The Morgan fingerprint density at radius 1 is 0.354 bits per heavy atom. The van der Waals surface area contributed by atoms with Gasteiger partial charge in [-0.25, -0.2) is 9.97 Å². The molecule has 0 bridgehead atoms. The van der Waals surface area contributed by atoms with Crippen molar-refractivity contribution in [1.82, 2.24) is 9.97 Å². The molecule has 0 N–H and O–H groups in total. The predicted octanol–water partition coefficient (Wildman–Crippen LogP) is 10.9. The number of nitriles is 2.